The van der Waals surface area contributed by atoms with E-state index >= 15 is 0 Å². The van der Waals surface area contributed by atoms with E-state index in [0.29, 0.717) is 33.5 Å². The van der Waals surface area contributed by atoms with Gasteiger partial charge in [-0.05, 0) is 24.6 Å². The van der Waals surface area contributed by atoms with Crippen LogP contribution in [0.25, 0.3) is 21.3 Å². The van der Waals surface area contributed by atoms with E-state index < -0.39 is 30.7 Å². The van der Waals surface area contributed by atoms with Gasteiger partial charge < -0.3 is 10.5 Å². The zero-order chi connectivity index (χ0) is 23.9. The zero-order valence-electron chi connectivity index (χ0n) is 17.3. The van der Waals surface area contributed by atoms with Gasteiger partial charge >= 0.3 is 17.6 Å². The zero-order valence-corrected chi connectivity index (χ0v) is 18.1. The molecule has 33 heavy (non-hydrogen) atoms. The highest BCUT2D eigenvalue weighted by Gasteiger charge is 2.44. The number of hydrogen-bond acceptors (Lipinski definition) is 5. The van der Waals surface area contributed by atoms with Gasteiger partial charge in [0.1, 0.15) is 10.6 Å². The summed E-state index contributed by atoms with van der Waals surface area (Å²) in [5.74, 6) is -0.784. The molecule has 1 amide bonds. The van der Waals surface area contributed by atoms with Gasteiger partial charge in [-0.3, -0.25) is 9.69 Å². The third kappa shape index (κ3) is 5.12. The second-order valence-corrected chi connectivity index (χ2v) is 8.95. The number of morpholine rings is 1. The highest BCUT2D eigenvalue weighted by atomic mass is 32.1. The summed E-state index contributed by atoms with van der Waals surface area (Å²) in [6.07, 6.45) is -8.16. The molecule has 0 saturated carbocycles. The van der Waals surface area contributed by atoms with E-state index in [1.165, 1.54) is 12.3 Å². The predicted octanol–water partition coefficient (Wildman–Crippen LogP) is 3.97. The van der Waals surface area contributed by atoms with Crippen LogP contribution in [0, 0.1) is 0 Å². The van der Waals surface area contributed by atoms with Crippen LogP contribution in [0.5, 0.6) is 0 Å². The molecule has 3 aromatic rings. The molecule has 2 aromatic heterocycles. The van der Waals surface area contributed by atoms with Crippen LogP contribution in [0.4, 0.5) is 22.0 Å². The van der Waals surface area contributed by atoms with Gasteiger partial charge in [0, 0.05) is 30.6 Å². The number of alkyl halides is 5. The number of amides is 1. The first-order valence-electron chi connectivity index (χ1n) is 9.99. The fourth-order valence-electron chi connectivity index (χ4n) is 3.86. The normalized spacial score (nSPS) is 20.0. The largest absolute Gasteiger partial charge is 0.415 e. The van der Waals surface area contributed by atoms with Crippen molar-refractivity contribution in [2.24, 2.45) is 5.73 Å². The lowest BCUT2D eigenvalue weighted by Crippen LogP contribution is -2.51. The van der Waals surface area contributed by atoms with Gasteiger partial charge in [-0.15, -0.1) is 0 Å². The number of aromatic amines is 1. The third-order valence-corrected chi connectivity index (χ3v) is 6.34. The molecule has 0 bridgehead atoms. The summed E-state index contributed by atoms with van der Waals surface area (Å²) >= 11 is 0.851. The minimum atomic E-state index is -4.46. The van der Waals surface area contributed by atoms with E-state index in [1.54, 1.807) is 30.0 Å². The molecule has 1 fully saturated rings. The van der Waals surface area contributed by atoms with Gasteiger partial charge in [0.2, 0.25) is 0 Å². The van der Waals surface area contributed by atoms with Gasteiger partial charge in [0.15, 0.2) is 12.3 Å². The van der Waals surface area contributed by atoms with E-state index in [2.05, 4.69) is 9.97 Å². The van der Waals surface area contributed by atoms with Gasteiger partial charge in [0.05, 0.1) is 11.6 Å². The molecule has 2 unspecified atom stereocenters. The lowest BCUT2D eigenvalue weighted by atomic mass is 10.0. The summed E-state index contributed by atoms with van der Waals surface area (Å²) in [6.45, 7) is 1.83. The molecule has 1 aromatic carbocycles. The molecule has 4 rings (SSSR count). The van der Waals surface area contributed by atoms with E-state index in [-0.39, 0.29) is 23.8 Å². The van der Waals surface area contributed by atoms with Gasteiger partial charge in [-0.25, -0.2) is 4.98 Å². The molecular formula is C21H20F5N4O2S+. The van der Waals surface area contributed by atoms with Crippen molar-refractivity contribution in [1.29, 1.82) is 0 Å². The minimum Gasteiger partial charge on any atom is -0.364 e. The number of halogens is 5. The van der Waals surface area contributed by atoms with Crippen molar-refractivity contribution >= 4 is 28.1 Å². The maximum Gasteiger partial charge on any atom is 0.415 e. The molecule has 3 N–H and O–H groups in total. The van der Waals surface area contributed by atoms with Gasteiger partial charge in [-0.1, -0.05) is 23.5 Å². The SMILES string of the molecule is CC1CN(Cc2ccc3c(-c4c[nH+]c(C(F)F)s4)cc(C(N)=O)nc3c2)CC(C(F)(F)F)O1. The van der Waals surface area contributed by atoms with Crippen LogP contribution < -0.4 is 10.7 Å². The number of nitrogens with zero attached hydrogens (tertiary/aromatic N) is 2. The number of H-pyrrole nitrogens is 1. The number of nitrogens with two attached hydrogens (primary N) is 1. The second kappa shape index (κ2) is 8.92. The number of pyridine rings is 1. The fourth-order valence-corrected chi connectivity index (χ4v) is 4.70. The lowest BCUT2D eigenvalue weighted by molar-refractivity contribution is -0.393. The van der Waals surface area contributed by atoms with Crippen LogP contribution in [-0.4, -0.2) is 47.3 Å². The van der Waals surface area contributed by atoms with Crippen LogP contribution in [0.15, 0.2) is 30.5 Å². The van der Waals surface area contributed by atoms with Crippen molar-refractivity contribution in [3.05, 3.63) is 46.7 Å². The Morgan fingerprint density at radius 2 is 2.09 bits per heavy atom. The molecule has 3 heterocycles. The van der Waals surface area contributed by atoms with E-state index in [0.717, 1.165) is 11.3 Å². The molecular weight excluding hydrogens is 467 g/mol. The molecule has 6 nitrogen and oxygen atoms in total. The summed E-state index contributed by atoms with van der Waals surface area (Å²) < 4.78 is 70.6. The lowest BCUT2D eigenvalue weighted by Gasteiger charge is -2.37. The number of benzene rings is 1. The van der Waals surface area contributed by atoms with E-state index in [1.807, 2.05) is 0 Å². The van der Waals surface area contributed by atoms with Crippen molar-refractivity contribution in [1.82, 2.24) is 9.88 Å². The second-order valence-electron chi connectivity index (χ2n) is 7.86. The van der Waals surface area contributed by atoms with Crippen molar-refractivity contribution < 1.29 is 36.5 Å². The maximum atomic E-state index is 13.2. The van der Waals surface area contributed by atoms with Gasteiger partial charge in [0.25, 0.3) is 5.91 Å². The topological polar surface area (TPSA) is 82.6 Å². The number of ether oxygens (including phenoxy) is 1. The number of rotatable bonds is 5. The fraction of sp³-hybridized carbons (Fsp3) is 0.381. The number of fused-ring (bicyclic) bond motifs is 1. The number of thiazole rings is 1. The molecule has 1 aliphatic heterocycles. The minimum absolute atomic E-state index is 0.0428. The van der Waals surface area contributed by atoms with Crippen LogP contribution in [0.2, 0.25) is 0 Å². The highest BCUT2D eigenvalue weighted by Crippen LogP contribution is 2.35. The number of nitrogens with one attached hydrogen (secondary N) is 1. The quantitative estimate of drug-likeness (QED) is 0.553. The van der Waals surface area contributed by atoms with Crippen molar-refractivity contribution in [3.8, 4) is 10.4 Å². The average molecular weight is 487 g/mol. The number of aromatic nitrogens is 2. The Bertz CT molecular complexity index is 1180. The molecule has 0 aliphatic carbocycles. The molecule has 0 radical (unpaired) electrons. The van der Waals surface area contributed by atoms with Crippen LogP contribution >= 0.6 is 11.3 Å². The van der Waals surface area contributed by atoms with Crippen molar-refractivity contribution in [2.45, 2.75) is 38.3 Å². The Labute approximate surface area is 189 Å². The molecule has 176 valence electrons. The third-order valence-electron chi connectivity index (χ3n) is 5.26. The molecule has 1 saturated heterocycles. The summed E-state index contributed by atoms with van der Waals surface area (Å²) in [5.41, 5.74) is 6.94. The first-order chi connectivity index (χ1) is 15.5. The molecule has 12 heteroatoms. The summed E-state index contributed by atoms with van der Waals surface area (Å²) in [7, 11) is 0. The smallest absolute Gasteiger partial charge is 0.364 e. The van der Waals surface area contributed by atoms with E-state index in [9.17, 15) is 26.7 Å². The molecule has 0 spiro atoms. The first-order valence-corrected chi connectivity index (χ1v) is 10.8. The van der Waals surface area contributed by atoms with Crippen molar-refractivity contribution in [3.63, 3.8) is 0 Å². The monoisotopic (exact) mass is 487 g/mol. The number of primary amides is 1. The Hall–Kier alpha value is -2.70. The van der Waals surface area contributed by atoms with Crippen molar-refractivity contribution in [2.75, 3.05) is 13.1 Å². The van der Waals surface area contributed by atoms with Crippen LogP contribution in [-0.2, 0) is 11.3 Å². The Morgan fingerprint density at radius 3 is 2.73 bits per heavy atom. The average Bonchev–Trinajstić information content (AvgIpc) is 3.22. The first kappa shape index (κ1) is 23.5. The van der Waals surface area contributed by atoms with E-state index in [4.69, 9.17) is 10.5 Å². The summed E-state index contributed by atoms with van der Waals surface area (Å²) in [4.78, 5) is 20.7. The van der Waals surface area contributed by atoms with Crippen LogP contribution in [0.3, 0.4) is 0 Å². The Kier molecular flexibility index (Phi) is 6.34. The number of carbonyl (C=O) groups is 1. The maximum absolute atomic E-state index is 13.2. The molecule has 1 aliphatic rings. The number of hydrogen-bond donors (Lipinski definition) is 1. The Balaban J connectivity index is 1.69. The molecule has 2 atom stereocenters. The van der Waals surface area contributed by atoms with Gasteiger partial charge in [-0.2, -0.15) is 26.9 Å². The predicted molar refractivity (Wildman–Crippen MR) is 111 cm³/mol. The standard InChI is InChI=1S/C21H19F5N4O2S/c1-10-7-30(9-17(32-10)21(24,25)26)8-11-2-3-12-13(16-6-28-20(33-16)18(22)23)5-15(19(27)31)29-14(12)4-11/h2-6,10,17-18H,7-9H2,1H3,(H2,27,31)/p+1. The summed E-state index contributed by atoms with van der Waals surface area (Å²) in [5, 5.41) is 0.371. The highest BCUT2D eigenvalue weighted by molar-refractivity contribution is 7.14. The Morgan fingerprint density at radius 1 is 1.33 bits per heavy atom. The summed E-state index contributed by atoms with van der Waals surface area (Å²) in [6, 6.07) is 6.56. The van der Waals surface area contributed by atoms with Crippen LogP contribution in [0.1, 0.15) is 34.4 Å². The number of carbonyl (C=O) groups excluding carboxylic acids is 1.